The number of nitrogen functional groups attached to an aromatic ring is 1. The Kier molecular flexibility index (Phi) is 5.04. The van der Waals surface area contributed by atoms with Gasteiger partial charge in [-0.15, -0.1) is 0 Å². The molecule has 0 spiro atoms. The van der Waals surface area contributed by atoms with Crippen LogP contribution in [0.2, 0.25) is 5.02 Å². The van der Waals surface area contributed by atoms with Crippen LogP contribution in [-0.4, -0.2) is 20.2 Å². The summed E-state index contributed by atoms with van der Waals surface area (Å²) in [6.45, 7) is 3.04. The molecule has 0 aliphatic carbocycles. The number of hydrogen-bond donors (Lipinski definition) is 1. The summed E-state index contributed by atoms with van der Waals surface area (Å²) in [5.41, 5.74) is 7.86. The van der Waals surface area contributed by atoms with Crippen LogP contribution >= 0.6 is 11.6 Å². The van der Waals surface area contributed by atoms with Gasteiger partial charge in [0.25, 0.3) is 0 Å². The van der Waals surface area contributed by atoms with Gasteiger partial charge >= 0.3 is 0 Å². The van der Waals surface area contributed by atoms with Crippen molar-refractivity contribution in [2.45, 2.75) is 25.7 Å². The number of nitrogens with zero attached hydrogens (tertiary/aromatic N) is 1. The minimum absolute atomic E-state index is 0.0507. The van der Waals surface area contributed by atoms with Crippen LogP contribution in [0.1, 0.15) is 29.9 Å². The SMILES string of the molecule is COc1cc(C2CCN(c3cc(Cl)c(C)cc3F)CC2)c(F)cc1N. The lowest BCUT2D eigenvalue weighted by Crippen LogP contribution is -2.33. The normalized spacial score (nSPS) is 15.5. The van der Waals surface area contributed by atoms with Crippen LogP contribution in [0, 0.1) is 18.6 Å². The number of methoxy groups -OCH3 is 1. The van der Waals surface area contributed by atoms with E-state index in [1.165, 1.54) is 19.2 Å². The zero-order chi connectivity index (χ0) is 18.1. The number of rotatable bonds is 3. The van der Waals surface area contributed by atoms with Gasteiger partial charge < -0.3 is 15.4 Å². The second-order valence-corrected chi connectivity index (χ2v) is 6.84. The van der Waals surface area contributed by atoms with E-state index in [0.29, 0.717) is 40.7 Å². The number of anilines is 2. The molecule has 1 heterocycles. The molecule has 2 N–H and O–H groups in total. The quantitative estimate of drug-likeness (QED) is 0.785. The Morgan fingerprint density at radius 1 is 1.12 bits per heavy atom. The Hall–Kier alpha value is -2.01. The van der Waals surface area contributed by atoms with Crippen molar-refractivity contribution in [1.29, 1.82) is 0 Å². The molecule has 0 bridgehead atoms. The molecule has 0 atom stereocenters. The maximum Gasteiger partial charge on any atom is 0.146 e. The van der Waals surface area contributed by atoms with Crippen LogP contribution in [0.4, 0.5) is 20.2 Å². The number of nitrogens with two attached hydrogens (primary N) is 1. The van der Waals surface area contributed by atoms with Gasteiger partial charge in [-0.25, -0.2) is 8.78 Å². The first-order valence-corrected chi connectivity index (χ1v) is 8.62. The minimum atomic E-state index is -0.318. The van der Waals surface area contributed by atoms with E-state index < -0.39 is 0 Å². The van der Waals surface area contributed by atoms with E-state index in [1.54, 1.807) is 19.1 Å². The van der Waals surface area contributed by atoms with Gasteiger partial charge in [-0.05, 0) is 55.0 Å². The molecule has 1 aliphatic rings. The number of benzene rings is 2. The number of piperidine rings is 1. The fourth-order valence-electron chi connectivity index (χ4n) is 3.38. The molecule has 2 aromatic rings. The predicted octanol–water partition coefficient (Wildman–Crippen LogP) is 4.90. The van der Waals surface area contributed by atoms with E-state index >= 15 is 0 Å². The molecule has 1 saturated heterocycles. The zero-order valence-corrected chi connectivity index (χ0v) is 15.0. The summed E-state index contributed by atoms with van der Waals surface area (Å²) in [6, 6.07) is 6.10. The molecule has 0 radical (unpaired) electrons. The van der Waals surface area contributed by atoms with E-state index in [2.05, 4.69) is 0 Å². The van der Waals surface area contributed by atoms with Crippen molar-refractivity contribution in [3.63, 3.8) is 0 Å². The lowest BCUT2D eigenvalue weighted by atomic mass is 9.88. The summed E-state index contributed by atoms with van der Waals surface area (Å²) in [6.07, 6.45) is 1.43. The third-order valence-electron chi connectivity index (χ3n) is 4.85. The number of hydrogen-bond acceptors (Lipinski definition) is 3. The van der Waals surface area contributed by atoms with Gasteiger partial charge in [0.05, 0.1) is 18.5 Å². The molecule has 1 fully saturated rings. The molecule has 3 nitrogen and oxygen atoms in total. The molecule has 0 amide bonds. The lowest BCUT2D eigenvalue weighted by Gasteiger charge is -2.34. The van der Waals surface area contributed by atoms with E-state index in [0.717, 1.165) is 12.8 Å². The monoisotopic (exact) mass is 366 g/mol. The third-order valence-corrected chi connectivity index (χ3v) is 5.26. The van der Waals surface area contributed by atoms with Crippen molar-refractivity contribution >= 4 is 23.0 Å². The molecule has 3 rings (SSSR count). The summed E-state index contributed by atoms with van der Waals surface area (Å²) in [5, 5.41) is 0.549. The van der Waals surface area contributed by atoms with Gasteiger partial charge in [0, 0.05) is 24.2 Å². The maximum atomic E-state index is 14.3. The predicted molar refractivity (Wildman–Crippen MR) is 97.7 cm³/mol. The number of ether oxygens (including phenoxy) is 1. The zero-order valence-electron chi connectivity index (χ0n) is 14.3. The summed E-state index contributed by atoms with van der Waals surface area (Å²) in [4.78, 5) is 1.96. The molecule has 1 aliphatic heterocycles. The van der Waals surface area contributed by atoms with Gasteiger partial charge in [-0.3, -0.25) is 0 Å². The molecule has 0 saturated carbocycles. The van der Waals surface area contributed by atoms with Crippen LogP contribution in [0.25, 0.3) is 0 Å². The fraction of sp³-hybridized carbons (Fsp3) is 0.368. The standard InChI is InChI=1S/C19H21ClF2N2O/c1-11-7-16(22)18(9-14(11)20)24-5-3-12(4-6-24)13-8-19(25-2)17(23)10-15(13)21/h7-10,12H,3-6,23H2,1-2H3. The minimum Gasteiger partial charge on any atom is -0.495 e. The second-order valence-electron chi connectivity index (χ2n) is 6.43. The molecule has 6 heteroatoms. The topological polar surface area (TPSA) is 38.5 Å². The summed E-state index contributed by atoms with van der Waals surface area (Å²) in [7, 11) is 1.51. The lowest BCUT2D eigenvalue weighted by molar-refractivity contribution is 0.411. The maximum absolute atomic E-state index is 14.3. The third kappa shape index (κ3) is 3.52. The van der Waals surface area contributed by atoms with Crippen LogP contribution in [-0.2, 0) is 0 Å². The summed E-state index contributed by atoms with van der Waals surface area (Å²) >= 11 is 6.13. The van der Waals surface area contributed by atoms with E-state index in [9.17, 15) is 8.78 Å². The molecule has 25 heavy (non-hydrogen) atoms. The molecular weight excluding hydrogens is 346 g/mol. The highest BCUT2D eigenvalue weighted by Gasteiger charge is 2.25. The first-order valence-electron chi connectivity index (χ1n) is 8.24. The van der Waals surface area contributed by atoms with Crippen LogP contribution < -0.4 is 15.4 Å². The summed E-state index contributed by atoms with van der Waals surface area (Å²) in [5.74, 6) is -0.0630. The Morgan fingerprint density at radius 2 is 1.80 bits per heavy atom. The van der Waals surface area contributed by atoms with E-state index in [4.69, 9.17) is 22.1 Å². The highest BCUT2D eigenvalue weighted by Crippen LogP contribution is 2.37. The fourth-order valence-corrected chi connectivity index (χ4v) is 3.54. The highest BCUT2D eigenvalue weighted by atomic mass is 35.5. The molecule has 2 aromatic carbocycles. The van der Waals surface area contributed by atoms with E-state index in [1.807, 2.05) is 4.90 Å². The molecule has 134 valence electrons. The Labute approximate surface area is 151 Å². The van der Waals surface area contributed by atoms with Gasteiger partial charge in [0.2, 0.25) is 0 Å². The van der Waals surface area contributed by atoms with Gasteiger partial charge in [0.15, 0.2) is 0 Å². The van der Waals surface area contributed by atoms with Gasteiger partial charge in [-0.2, -0.15) is 0 Å². The van der Waals surface area contributed by atoms with Crippen molar-refractivity contribution < 1.29 is 13.5 Å². The Bertz CT molecular complexity index is 789. The van der Waals surface area contributed by atoms with E-state index in [-0.39, 0.29) is 23.2 Å². The average molecular weight is 367 g/mol. The van der Waals surface area contributed by atoms with Crippen molar-refractivity contribution in [1.82, 2.24) is 0 Å². The average Bonchev–Trinajstić information content (AvgIpc) is 2.59. The van der Waals surface area contributed by atoms with Crippen LogP contribution in [0.15, 0.2) is 24.3 Å². The molecule has 0 unspecified atom stereocenters. The number of halogens is 3. The van der Waals surface area contributed by atoms with Crippen LogP contribution in [0.3, 0.4) is 0 Å². The molecule has 0 aromatic heterocycles. The summed E-state index contributed by atoms with van der Waals surface area (Å²) < 4.78 is 33.8. The Morgan fingerprint density at radius 3 is 2.44 bits per heavy atom. The van der Waals surface area contributed by atoms with Crippen molar-refractivity contribution in [2.24, 2.45) is 0 Å². The van der Waals surface area contributed by atoms with Gasteiger partial charge in [0.1, 0.15) is 17.4 Å². The largest absolute Gasteiger partial charge is 0.495 e. The van der Waals surface area contributed by atoms with Crippen molar-refractivity contribution in [3.8, 4) is 5.75 Å². The first-order chi connectivity index (χ1) is 11.9. The van der Waals surface area contributed by atoms with Crippen molar-refractivity contribution in [3.05, 3.63) is 52.0 Å². The Balaban J connectivity index is 1.78. The highest BCUT2D eigenvalue weighted by molar-refractivity contribution is 6.31. The smallest absolute Gasteiger partial charge is 0.146 e. The number of aryl methyl sites for hydroxylation is 1. The second kappa shape index (κ2) is 7.08. The van der Waals surface area contributed by atoms with Crippen LogP contribution in [0.5, 0.6) is 5.75 Å². The van der Waals surface area contributed by atoms with Gasteiger partial charge in [-0.1, -0.05) is 11.6 Å². The molecular formula is C19H21ClF2N2O. The first kappa shape index (κ1) is 17.8. The van der Waals surface area contributed by atoms with Crippen molar-refractivity contribution in [2.75, 3.05) is 30.8 Å².